The lowest BCUT2D eigenvalue weighted by atomic mass is 10.0. The van der Waals surface area contributed by atoms with Crippen LogP contribution in [0, 0.1) is 17.9 Å². The Morgan fingerprint density at radius 2 is 1.67 bits per heavy atom. The first kappa shape index (κ1) is 10.2. The number of aromatic nitrogens is 2. The Balaban J connectivity index is 2.73. The molecule has 0 saturated heterocycles. The highest BCUT2D eigenvalue weighted by Crippen LogP contribution is 2.35. The Bertz CT molecular complexity index is 780. The molecule has 0 aliphatic heterocycles. The number of rotatable bonds is 0. The van der Waals surface area contributed by atoms with Gasteiger partial charge in [-0.25, -0.2) is 4.85 Å². The van der Waals surface area contributed by atoms with E-state index in [-0.39, 0.29) is 0 Å². The van der Waals surface area contributed by atoms with Gasteiger partial charge in [-0.15, -0.1) is 0 Å². The predicted molar refractivity (Wildman–Crippen MR) is 68.0 cm³/mol. The molecule has 4 nitrogen and oxygen atoms in total. The highest BCUT2D eigenvalue weighted by molar-refractivity contribution is 6.12. The average Bonchev–Trinajstić information content (AvgIpc) is 2.45. The number of fused-ring (bicyclic) bond motifs is 3. The molecule has 4 heteroatoms. The molecule has 0 aliphatic carbocycles. The van der Waals surface area contributed by atoms with Crippen LogP contribution in [0.3, 0.4) is 0 Å². The SMILES string of the molecule is [C-]#[N+]c1c(C#N)c2cccnc2c2ncccc12. The van der Waals surface area contributed by atoms with Crippen molar-refractivity contribution in [3.8, 4) is 6.07 Å². The van der Waals surface area contributed by atoms with Crippen LogP contribution in [0.15, 0.2) is 36.7 Å². The molecule has 0 N–H and O–H groups in total. The standard InChI is InChI=1S/C14H6N4/c1-16-12-10-5-3-7-18-14(10)13-9(11(12)8-15)4-2-6-17-13/h2-7H. The smallest absolute Gasteiger partial charge is 0.214 e. The van der Waals surface area contributed by atoms with E-state index >= 15 is 0 Å². The molecule has 2 heterocycles. The van der Waals surface area contributed by atoms with Crippen LogP contribution in [-0.2, 0) is 0 Å². The van der Waals surface area contributed by atoms with Crippen LogP contribution >= 0.6 is 0 Å². The van der Waals surface area contributed by atoms with Gasteiger partial charge in [-0.05, 0) is 12.1 Å². The van der Waals surface area contributed by atoms with Crippen molar-refractivity contribution in [3.05, 3.63) is 53.6 Å². The van der Waals surface area contributed by atoms with Crippen LogP contribution < -0.4 is 0 Å². The number of benzene rings is 1. The van der Waals surface area contributed by atoms with Crippen molar-refractivity contribution in [1.29, 1.82) is 5.26 Å². The van der Waals surface area contributed by atoms with Gasteiger partial charge in [0, 0.05) is 23.2 Å². The lowest BCUT2D eigenvalue weighted by Gasteiger charge is -2.06. The lowest BCUT2D eigenvalue weighted by molar-refractivity contribution is 1.37. The van der Waals surface area contributed by atoms with Crippen molar-refractivity contribution in [3.63, 3.8) is 0 Å². The molecule has 2 aromatic heterocycles. The number of hydrogen-bond donors (Lipinski definition) is 0. The molecule has 0 aliphatic rings. The van der Waals surface area contributed by atoms with Gasteiger partial charge in [0.2, 0.25) is 5.69 Å². The summed E-state index contributed by atoms with van der Waals surface area (Å²) in [5.41, 5.74) is 2.05. The lowest BCUT2D eigenvalue weighted by Crippen LogP contribution is -1.89. The van der Waals surface area contributed by atoms with Gasteiger partial charge in [-0.1, -0.05) is 12.1 Å². The van der Waals surface area contributed by atoms with E-state index in [9.17, 15) is 5.26 Å². The molecule has 1 aromatic carbocycles. The van der Waals surface area contributed by atoms with Crippen LogP contribution in [0.2, 0.25) is 0 Å². The second-order valence-electron chi connectivity index (χ2n) is 3.75. The normalized spacial score (nSPS) is 10.1. The van der Waals surface area contributed by atoms with E-state index in [4.69, 9.17) is 6.57 Å². The van der Waals surface area contributed by atoms with Crippen molar-refractivity contribution in [2.75, 3.05) is 0 Å². The fourth-order valence-corrected chi connectivity index (χ4v) is 2.07. The van der Waals surface area contributed by atoms with E-state index in [2.05, 4.69) is 20.9 Å². The topological polar surface area (TPSA) is 53.9 Å². The summed E-state index contributed by atoms with van der Waals surface area (Å²) < 4.78 is 0. The van der Waals surface area contributed by atoms with Crippen molar-refractivity contribution < 1.29 is 0 Å². The number of nitriles is 1. The molecule has 3 rings (SSSR count). The fraction of sp³-hybridized carbons (Fsp3) is 0. The van der Waals surface area contributed by atoms with Crippen molar-refractivity contribution in [1.82, 2.24) is 9.97 Å². The quantitative estimate of drug-likeness (QED) is 0.440. The summed E-state index contributed by atoms with van der Waals surface area (Å²) >= 11 is 0. The first-order valence-electron chi connectivity index (χ1n) is 5.30. The highest BCUT2D eigenvalue weighted by Gasteiger charge is 2.14. The largest absolute Gasteiger partial charge is 0.255 e. The van der Waals surface area contributed by atoms with Crippen LogP contribution in [0.4, 0.5) is 5.69 Å². The zero-order valence-electron chi connectivity index (χ0n) is 9.25. The fourth-order valence-electron chi connectivity index (χ4n) is 2.07. The molecule has 0 radical (unpaired) electrons. The van der Waals surface area contributed by atoms with Gasteiger partial charge in [-0.2, -0.15) is 5.26 Å². The predicted octanol–water partition coefficient (Wildman–Crippen LogP) is 3.21. The van der Waals surface area contributed by atoms with E-state index in [1.807, 2.05) is 0 Å². The molecule has 18 heavy (non-hydrogen) atoms. The van der Waals surface area contributed by atoms with E-state index < -0.39 is 0 Å². The molecular formula is C14H6N4. The first-order valence-corrected chi connectivity index (χ1v) is 5.30. The Hall–Kier alpha value is -2.98. The molecule has 0 saturated carbocycles. The minimum Gasteiger partial charge on any atom is -0.255 e. The van der Waals surface area contributed by atoms with E-state index in [1.54, 1.807) is 36.7 Å². The average molecular weight is 230 g/mol. The number of pyridine rings is 2. The van der Waals surface area contributed by atoms with Gasteiger partial charge in [0.05, 0.1) is 29.2 Å². The van der Waals surface area contributed by atoms with Gasteiger partial charge < -0.3 is 0 Å². The zero-order chi connectivity index (χ0) is 12.5. The summed E-state index contributed by atoms with van der Waals surface area (Å²) in [6.45, 7) is 7.27. The third-order valence-corrected chi connectivity index (χ3v) is 2.82. The van der Waals surface area contributed by atoms with Gasteiger partial charge >= 0.3 is 0 Å². The van der Waals surface area contributed by atoms with E-state index in [0.29, 0.717) is 33.1 Å². The molecule has 0 bridgehead atoms. The molecule has 0 spiro atoms. The van der Waals surface area contributed by atoms with Crippen molar-refractivity contribution in [2.24, 2.45) is 0 Å². The second-order valence-corrected chi connectivity index (χ2v) is 3.75. The maximum Gasteiger partial charge on any atom is 0.214 e. The van der Waals surface area contributed by atoms with E-state index in [1.165, 1.54) is 0 Å². The molecule has 3 aromatic rings. The Morgan fingerprint density at radius 3 is 2.28 bits per heavy atom. The Kier molecular flexibility index (Phi) is 2.15. The van der Waals surface area contributed by atoms with Crippen LogP contribution in [0.25, 0.3) is 26.7 Å². The molecule has 0 atom stereocenters. The van der Waals surface area contributed by atoms with Gasteiger partial charge in [0.15, 0.2) is 0 Å². The van der Waals surface area contributed by atoms with Crippen LogP contribution in [0.5, 0.6) is 0 Å². The minimum atomic E-state index is 0.348. The number of nitrogens with zero attached hydrogens (tertiary/aromatic N) is 4. The summed E-state index contributed by atoms with van der Waals surface area (Å²) in [4.78, 5) is 12.0. The summed E-state index contributed by atoms with van der Waals surface area (Å²) in [7, 11) is 0. The summed E-state index contributed by atoms with van der Waals surface area (Å²) in [6, 6.07) is 9.20. The Labute approximate surface area is 103 Å². The molecule has 0 amide bonds. The van der Waals surface area contributed by atoms with Crippen LogP contribution in [0.1, 0.15) is 5.56 Å². The third-order valence-electron chi connectivity index (χ3n) is 2.82. The second kappa shape index (κ2) is 3.80. The molecule has 0 fully saturated rings. The summed E-state index contributed by atoms with van der Waals surface area (Å²) in [5.74, 6) is 0. The maximum atomic E-state index is 9.27. The Morgan fingerprint density at radius 1 is 1.06 bits per heavy atom. The monoisotopic (exact) mass is 230 g/mol. The first-order chi connectivity index (χ1) is 8.86. The van der Waals surface area contributed by atoms with Crippen molar-refractivity contribution in [2.45, 2.75) is 0 Å². The summed E-state index contributed by atoms with van der Waals surface area (Å²) in [6.07, 6.45) is 3.32. The number of hydrogen-bond acceptors (Lipinski definition) is 3. The molecular weight excluding hydrogens is 224 g/mol. The third kappa shape index (κ3) is 1.24. The zero-order valence-corrected chi connectivity index (χ0v) is 9.25. The van der Waals surface area contributed by atoms with E-state index in [0.717, 1.165) is 0 Å². The van der Waals surface area contributed by atoms with Gasteiger partial charge in [0.25, 0.3) is 0 Å². The maximum absolute atomic E-state index is 9.27. The summed E-state index contributed by atoms with van der Waals surface area (Å²) in [5, 5.41) is 10.6. The highest BCUT2D eigenvalue weighted by atomic mass is 14.8. The van der Waals surface area contributed by atoms with Gasteiger partial charge in [0.1, 0.15) is 0 Å². The molecule has 82 valence electrons. The van der Waals surface area contributed by atoms with Crippen LogP contribution in [-0.4, -0.2) is 9.97 Å². The van der Waals surface area contributed by atoms with Crippen molar-refractivity contribution >= 4 is 27.5 Å². The minimum absolute atomic E-state index is 0.348. The molecule has 0 unspecified atom stereocenters. The van der Waals surface area contributed by atoms with Gasteiger partial charge in [-0.3, -0.25) is 9.97 Å².